The van der Waals surface area contributed by atoms with Crippen LogP contribution in [0.15, 0.2) is 24.3 Å². The number of ether oxygens (including phenoxy) is 1. The molecule has 160 valence electrons. The Balaban J connectivity index is 1.87. The van der Waals surface area contributed by atoms with Crippen molar-refractivity contribution in [2.24, 2.45) is 0 Å². The number of fused-ring (bicyclic) bond motifs is 3. The zero-order valence-electron chi connectivity index (χ0n) is 16.3. The van der Waals surface area contributed by atoms with Gasteiger partial charge in [-0.15, -0.1) is 0 Å². The molecule has 2 atom stereocenters. The van der Waals surface area contributed by atoms with Crippen LogP contribution in [0, 0.1) is 0 Å². The zero-order valence-corrected chi connectivity index (χ0v) is 17.9. The van der Waals surface area contributed by atoms with E-state index in [1.165, 1.54) is 12.1 Å². The van der Waals surface area contributed by atoms with Crippen LogP contribution < -0.4 is 0 Å². The number of phenolic OH excluding ortho intramolecular Hbond substituents is 2. The van der Waals surface area contributed by atoms with Gasteiger partial charge in [-0.1, -0.05) is 40.2 Å². The van der Waals surface area contributed by atoms with Gasteiger partial charge < -0.3 is 20.1 Å². The summed E-state index contributed by atoms with van der Waals surface area (Å²) in [6.45, 7) is 0.459. The van der Waals surface area contributed by atoms with E-state index in [-0.39, 0.29) is 39.8 Å². The fourth-order valence-corrected chi connectivity index (χ4v) is 5.21. The summed E-state index contributed by atoms with van der Waals surface area (Å²) in [5.41, 5.74) is -2.39. The molecule has 0 saturated heterocycles. The maximum Gasteiger partial charge on any atom is 0.303 e. The van der Waals surface area contributed by atoms with Crippen molar-refractivity contribution in [1.82, 2.24) is 0 Å². The van der Waals surface area contributed by atoms with Crippen LogP contribution in [-0.2, 0) is 20.7 Å². The van der Waals surface area contributed by atoms with Gasteiger partial charge in [-0.25, -0.2) is 0 Å². The van der Waals surface area contributed by atoms with E-state index in [0.717, 1.165) is 6.92 Å². The quantitative estimate of drug-likeness (QED) is 0.289. The van der Waals surface area contributed by atoms with Crippen molar-refractivity contribution in [3.05, 3.63) is 57.6 Å². The van der Waals surface area contributed by atoms with E-state index in [0.29, 0.717) is 0 Å². The molecule has 2 aliphatic carbocycles. The van der Waals surface area contributed by atoms with E-state index < -0.39 is 58.3 Å². The molecule has 0 spiro atoms. The molecule has 0 bridgehead atoms. The summed E-state index contributed by atoms with van der Waals surface area (Å²) in [5.74, 6) is -3.78. The molecule has 3 N–H and O–H groups in total. The number of benzene rings is 2. The molecule has 0 aromatic heterocycles. The molecular weight excluding hydrogens is 472 g/mol. The van der Waals surface area contributed by atoms with Crippen molar-refractivity contribution < 1.29 is 39.2 Å². The third-order valence-corrected chi connectivity index (χ3v) is 6.47. The minimum absolute atomic E-state index is 0.0245. The summed E-state index contributed by atoms with van der Waals surface area (Å²) in [6, 6.07) is 6.07. The lowest BCUT2D eigenvalue weighted by Gasteiger charge is -2.37. The summed E-state index contributed by atoms with van der Waals surface area (Å²) < 4.78 is 4.69. The van der Waals surface area contributed by atoms with Gasteiger partial charge in [0.05, 0.1) is 11.1 Å². The molecule has 0 saturated carbocycles. The highest BCUT2D eigenvalue weighted by atomic mass is 79.9. The summed E-state index contributed by atoms with van der Waals surface area (Å²) in [7, 11) is 0. The van der Waals surface area contributed by atoms with Crippen LogP contribution in [0.4, 0.5) is 0 Å². The molecule has 0 radical (unpaired) electrons. The first-order chi connectivity index (χ1) is 14.6. The number of hydrogen-bond donors (Lipinski definition) is 3. The molecule has 0 amide bonds. The normalized spacial score (nSPS) is 21.7. The highest BCUT2D eigenvalue weighted by Crippen LogP contribution is 2.52. The van der Waals surface area contributed by atoms with Crippen LogP contribution in [0.25, 0.3) is 0 Å². The fraction of sp³-hybridized carbons (Fsp3) is 0.273. The second kappa shape index (κ2) is 7.28. The molecular formula is C22H17BrO8. The highest BCUT2D eigenvalue weighted by Gasteiger charge is 2.48. The van der Waals surface area contributed by atoms with Gasteiger partial charge in [0, 0.05) is 46.8 Å². The topological polar surface area (TPSA) is 138 Å². The summed E-state index contributed by atoms with van der Waals surface area (Å²) in [5, 5.41) is 32.8. The number of hydrogen-bond acceptors (Lipinski definition) is 8. The van der Waals surface area contributed by atoms with E-state index in [9.17, 15) is 34.5 Å². The largest absolute Gasteiger partial charge is 0.507 e. The van der Waals surface area contributed by atoms with E-state index in [2.05, 4.69) is 20.7 Å². The number of aromatic hydroxyl groups is 2. The SMILES string of the molecule is CC(=O)OCC(=O)[C@]1(O)Cc2c(O)c3c(c(O)c2C(Br)C1)C(=O)c1ccccc1C3=O. The molecule has 2 aliphatic rings. The maximum absolute atomic E-state index is 13.0. The van der Waals surface area contributed by atoms with Gasteiger partial charge >= 0.3 is 5.97 Å². The summed E-state index contributed by atoms with van der Waals surface area (Å²) >= 11 is 3.30. The monoisotopic (exact) mass is 488 g/mol. The van der Waals surface area contributed by atoms with Crippen molar-refractivity contribution in [3.63, 3.8) is 0 Å². The number of aliphatic hydroxyl groups is 1. The number of carbonyl (C=O) groups is 4. The molecule has 1 unspecified atom stereocenters. The first-order valence-electron chi connectivity index (χ1n) is 9.39. The number of halogens is 1. The van der Waals surface area contributed by atoms with Gasteiger partial charge in [-0.2, -0.15) is 0 Å². The minimum Gasteiger partial charge on any atom is -0.507 e. The predicted octanol–water partition coefficient (Wildman–Crippen LogP) is 2.12. The van der Waals surface area contributed by atoms with Gasteiger partial charge in [0.2, 0.25) is 5.78 Å². The van der Waals surface area contributed by atoms with Crippen LogP contribution >= 0.6 is 15.9 Å². The molecule has 0 aliphatic heterocycles. The maximum atomic E-state index is 13.0. The van der Waals surface area contributed by atoms with Gasteiger partial charge in [-0.3, -0.25) is 19.2 Å². The van der Waals surface area contributed by atoms with E-state index >= 15 is 0 Å². The van der Waals surface area contributed by atoms with Crippen molar-refractivity contribution in [2.45, 2.75) is 30.2 Å². The third kappa shape index (κ3) is 3.16. The Morgan fingerprint density at radius 3 is 2.19 bits per heavy atom. The molecule has 0 fully saturated rings. The zero-order chi connectivity index (χ0) is 22.7. The predicted molar refractivity (Wildman–Crippen MR) is 110 cm³/mol. The molecule has 9 heteroatoms. The van der Waals surface area contributed by atoms with Crippen LogP contribution in [0.3, 0.4) is 0 Å². The molecule has 31 heavy (non-hydrogen) atoms. The lowest BCUT2D eigenvalue weighted by atomic mass is 9.73. The van der Waals surface area contributed by atoms with Gasteiger partial charge in [0.15, 0.2) is 18.2 Å². The number of carbonyl (C=O) groups excluding carboxylic acids is 4. The van der Waals surface area contributed by atoms with E-state index in [4.69, 9.17) is 0 Å². The molecule has 2 aromatic carbocycles. The standard InChI is InChI=1S/C22H17BrO8/c1-9(24)31-8-14(25)22(30)6-12-15(13(23)7-22)21(29)17-16(20(12)28)18(26)10-4-2-3-5-11(10)19(17)27/h2-5,13,28-30H,6-8H2,1H3/t13?,22-/m0/s1. The van der Waals surface area contributed by atoms with Gasteiger partial charge in [0.25, 0.3) is 0 Å². The lowest BCUT2D eigenvalue weighted by Crippen LogP contribution is -2.46. The number of Topliss-reactive ketones (excluding diaryl/α,β-unsaturated/α-hetero) is 1. The average Bonchev–Trinajstić information content (AvgIpc) is 2.72. The molecule has 8 nitrogen and oxygen atoms in total. The Morgan fingerprint density at radius 1 is 1.10 bits per heavy atom. The molecule has 2 aromatic rings. The lowest BCUT2D eigenvalue weighted by molar-refractivity contribution is -0.153. The van der Waals surface area contributed by atoms with Crippen molar-refractivity contribution in [1.29, 1.82) is 0 Å². The van der Waals surface area contributed by atoms with Crippen molar-refractivity contribution in [2.75, 3.05) is 6.61 Å². The smallest absolute Gasteiger partial charge is 0.303 e. The number of rotatable bonds is 3. The Bertz CT molecular complexity index is 1180. The van der Waals surface area contributed by atoms with E-state index in [1.54, 1.807) is 12.1 Å². The van der Waals surface area contributed by atoms with Crippen LogP contribution in [-0.4, -0.2) is 50.8 Å². The van der Waals surface area contributed by atoms with E-state index in [1.807, 2.05) is 0 Å². The number of phenols is 2. The first kappa shape index (κ1) is 21.2. The highest BCUT2D eigenvalue weighted by molar-refractivity contribution is 9.09. The van der Waals surface area contributed by atoms with Crippen LogP contribution in [0.2, 0.25) is 0 Å². The Morgan fingerprint density at radius 2 is 1.65 bits per heavy atom. The van der Waals surface area contributed by atoms with Gasteiger partial charge in [0.1, 0.15) is 17.1 Å². The number of ketones is 3. The second-order valence-electron chi connectivity index (χ2n) is 7.63. The number of alkyl halides is 1. The Kier molecular flexibility index (Phi) is 4.98. The average molecular weight is 489 g/mol. The van der Waals surface area contributed by atoms with Gasteiger partial charge in [-0.05, 0) is 0 Å². The second-order valence-corrected chi connectivity index (χ2v) is 8.73. The van der Waals surface area contributed by atoms with Crippen LogP contribution in [0.1, 0.15) is 61.1 Å². The summed E-state index contributed by atoms with van der Waals surface area (Å²) in [4.78, 5) is 48.8. The van der Waals surface area contributed by atoms with Crippen molar-refractivity contribution in [3.8, 4) is 11.5 Å². The Labute approximate surface area is 184 Å². The first-order valence-corrected chi connectivity index (χ1v) is 10.3. The summed E-state index contributed by atoms with van der Waals surface area (Å²) in [6.07, 6.45) is -0.634. The molecule has 4 rings (SSSR count). The number of esters is 1. The Hall–Kier alpha value is -3.04. The third-order valence-electron chi connectivity index (χ3n) is 5.69. The minimum atomic E-state index is -2.02. The molecule has 0 heterocycles. The fourth-order valence-electron chi connectivity index (χ4n) is 4.18. The van der Waals surface area contributed by atoms with Crippen LogP contribution in [0.5, 0.6) is 11.5 Å². The van der Waals surface area contributed by atoms with Crippen molar-refractivity contribution >= 4 is 39.2 Å².